The second-order valence-corrected chi connectivity index (χ2v) is 10.1. The first-order chi connectivity index (χ1) is 17.0. The second kappa shape index (κ2) is 10.3. The van der Waals surface area contributed by atoms with Gasteiger partial charge in [-0.15, -0.1) is 0 Å². The first kappa shape index (κ1) is 24.3. The molecule has 2 heterocycles. The van der Waals surface area contributed by atoms with Gasteiger partial charge in [0.05, 0.1) is 27.8 Å². The number of hydrogen-bond donors (Lipinski definition) is 2. The summed E-state index contributed by atoms with van der Waals surface area (Å²) < 4.78 is 12.1. The summed E-state index contributed by atoms with van der Waals surface area (Å²) in [5.74, 6) is 1.26. The van der Waals surface area contributed by atoms with Crippen molar-refractivity contribution in [1.29, 1.82) is 0 Å². The number of halogens is 3. The van der Waals surface area contributed by atoms with Crippen LogP contribution >= 0.6 is 34.8 Å². The predicted molar refractivity (Wildman–Crippen MR) is 138 cm³/mol. The number of aromatic nitrogens is 1. The number of oxime groups is 1. The normalized spacial score (nSPS) is 17.2. The molecule has 2 fully saturated rings. The Bertz CT molecular complexity index is 1230. The third-order valence-corrected chi connectivity index (χ3v) is 7.52. The monoisotopic (exact) mass is 534 g/mol. The standard InChI is InChI=1S/C25H25Cl3N4O3/c26-19-2-1-3-20(27)22(19)23-18(24(35-31-23)14-4-5-14)13-34-16-8-10-32(11-9-16)15-6-7-17(21(28)12-15)25(29)30-33/h1-3,6-7,12,14,16,33H,4-5,8-11,13H2,(H2,29,30). The van der Waals surface area contributed by atoms with Crippen LogP contribution < -0.4 is 10.6 Å². The highest BCUT2D eigenvalue weighted by Crippen LogP contribution is 2.46. The van der Waals surface area contributed by atoms with Gasteiger partial charge >= 0.3 is 0 Å². The van der Waals surface area contributed by atoms with Crippen molar-refractivity contribution in [3.63, 3.8) is 0 Å². The van der Waals surface area contributed by atoms with Crippen molar-refractivity contribution in [1.82, 2.24) is 5.16 Å². The molecule has 0 spiro atoms. The van der Waals surface area contributed by atoms with E-state index < -0.39 is 0 Å². The van der Waals surface area contributed by atoms with Crippen molar-refractivity contribution in [3.8, 4) is 11.3 Å². The number of hydrogen-bond acceptors (Lipinski definition) is 6. The third-order valence-electron chi connectivity index (χ3n) is 6.57. The van der Waals surface area contributed by atoms with Crippen molar-refractivity contribution in [2.24, 2.45) is 10.9 Å². The Hall–Kier alpha value is -2.45. The lowest BCUT2D eigenvalue weighted by atomic mass is 10.0. The molecule has 2 aliphatic rings. The molecule has 0 radical (unpaired) electrons. The zero-order chi connectivity index (χ0) is 24.5. The van der Waals surface area contributed by atoms with Gasteiger partial charge < -0.3 is 25.1 Å². The van der Waals surface area contributed by atoms with Gasteiger partial charge in [-0.1, -0.05) is 51.2 Å². The van der Waals surface area contributed by atoms with E-state index in [-0.39, 0.29) is 11.9 Å². The molecule has 35 heavy (non-hydrogen) atoms. The van der Waals surface area contributed by atoms with E-state index in [0.29, 0.717) is 44.4 Å². The predicted octanol–water partition coefficient (Wildman–Crippen LogP) is 6.46. The second-order valence-electron chi connectivity index (χ2n) is 8.89. The summed E-state index contributed by atoms with van der Waals surface area (Å²) in [5.41, 5.74) is 9.47. The SMILES string of the molecule is N/C(=N\O)c1ccc(N2CCC(OCc3c(-c4c(Cl)cccc4Cl)noc3C3CC3)CC2)cc1Cl. The van der Waals surface area contributed by atoms with Gasteiger partial charge in [0.25, 0.3) is 0 Å². The molecule has 0 bridgehead atoms. The molecule has 10 heteroatoms. The van der Waals surface area contributed by atoms with Crippen LogP contribution in [0.5, 0.6) is 0 Å². The molecular formula is C25H25Cl3N4O3. The minimum Gasteiger partial charge on any atom is -0.409 e. The van der Waals surface area contributed by atoms with Gasteiger partial charge in [-0.25, -0.2) is 0 Å². The maximum Gasteiger partial charge on any atom is 0.171 e. The molecule has 0 amide bonds. The van der Waals surface area contributed by atoms with E-state index in [1.807, 2.05) is 18.2 Å². The topological polar surface area (TPSA) is 97.1 Å². The summed E-state index contributed by atoms with van der Waals surface area (Å²) in [6, 6.07) is 11.0. The summed E-state index contributed by atoms with van der Waals surface area (Å²) in [5, 5.41) is 17.8. The number of benzene rings is 2. The highest BCUT2D eigenvalue weighted by Gasteiger charge is 2.34. The molecule has 1 aliphatic heterocycles. The van der Waals surface area contributed by atoms with Crippen LogP contribution in [0, 0.1) is 0 Å². The van der Waals surface area contributed by atoms with Crippen molar-refractivity contribution in [2.45, 2.75) is 44.3 Å². The number of anilines is 1. The van der Waals surface area contributed by atoms with E-state index >= 15 is 0 Å². The van der Waals surface area contributed by atoms with Gasteiger partial charge in [0.2, 0.25) is 0 Å². The van der Waals surface area contributed by atoms with Gasteiger partial charge in [0, 0.05) is 41.4 Å². The minimum atomic E-state index is -0.00888. The molecule has 1 aromatic heterocycles. The Balaban J connectivity index is 1.26. The smallest absolute Gasteiger partial charge is 0.171 e. The molecule has 3 aromatic rings. The first-order valence-electron chi connectivity index (χ1n) is 11.5. The molecule has 5 rings (SSSR count). The molecule has 1 saturated carbocycles. The van der Waals surface area contributed by atoms with Gasteiger partial charge in [0.15, 0.2) is 5.84 Å². The van der Waals surface area contributed by atoms with Crippen molar-refractivity contribution in [3.05, 3.63) is 68.4 Å². The molecule has 7 nitrogen and oxygen atoms in total. The summed E-state index contributed by atoms with van der Waals surface area (Å²) in [4.78, 5) is 2.26. The zero-order valence-electron chi connectivity index (χ0n) is 18.9. The largest absolute Gasteiger partial charge is 0.409 e. The average molecular weight is 536 g/mol. The Kier molecular flexibility index (Phi) is 7.12. The Morgan fingerprint density at radius 2 is 1.80 bits per heavy atom. The summed E-state index contributed by atoms with van der Waals surface area (Å²) >= 11 is 19.3. The van der Waals surface area contributed by atoms with E-state index in [9.17, 15) is 0 Å². The van der Waals surface area contributed by atoms with Gasteiger partial charge in [0.1, 0.15) is 11.5 Å². The van der Waals surface area contributed by atoms with Crippen LogP contribution in [0.3, 0.4) is 0 Å². The van der Waals surface area contributed by atoms with Crippen LogP contribution in [0.4, 0.5) is 5.69 Å². The Labute approximate surface area is 218 Å². The maximum atomic E-state index is 8.90. The van der Waals surface area contributed by atoms with Crippen LogP contribution in [-0.2, 0) is 11.3 Å². The summed E-state index contributed by atoms with van der Waals surface area (Å²) in [7, 11) is 0. The highest BCUT2D eigenvalue weighted by molar-refractivity contribution is 6.39. The lowest BCUT2D eigenvalue weighted by molar-refractivity contribution is 0.0246. The van der Waals surface area contributed by atoms with Crippen LogP contribution in [0.25, 0.3) is 11.3 Å². The van der Waals surface area contributed by atoms with E-state index in [0.717, 1.165) is 55.8 Å². The van der Waals surface area contributed by atoms with Gasteiger partial charge in [-0.3, -0.25) is 0 Å². The lowest BCUT2D eigenvalue weighted by Crippen LogP contribution is -2.37. The van der Waals surface area contributed by atoms with Crippen LogP contribution in [0.2, 0.25) is 15.1 Å². The number of nitrogens with zero attached hydrogens (tertiary/aromatic N) is 3. The average Bonchev–Trinajstić information content (AvgIpc) is 3.62. The number of rotatable bonds is 7. The van der Waals surface area contributed by atoms with E-state index in [1.54, 1.807) is 18.2 Å². The Morgan fingerprint density at radius 3 is 2.43 bits per heavy atom. The Morgan fingerprint density at radius 1 is 1.09 bits per heavy atom. The quantitative estimate of drug-likeness (QED) is 0.156. The molecule has 1 saturated heterocycles. The number of ether oxygens (including phenoxy) is 1. The van der Waals surface area contributed by atoms with E-state index in [1.165, 1.54) is 0 Å². The number of piperidine rings is 1. The summed E-state index contributed by atoms with van der Waals surface area (Å²) in [6.45, 7) is 2.05. The number of amidine groups is 1. The van der Waals surface area contributed by atoms with Crippen LogP contribution in [0.1, 0.15) is 48.5 Å². The fourth-order valence-corrected chi connectivity index (χ4v) is 5.34. The van der Waals surface area contributed by atoms with Crippen molar-refractivity contribution >= 4 is 46.3 Å². The molecule has 184 valence electrons. The van der Waals surface area contributed by atoms with Gasteiger partial charge in [-0.05, 0) is 56.0 Å². The molecule has 0 atom stereocenters. The fraction of sp³-hybridized carbons (Fsp3) is 0.360. The van der Waals surface area contributed by atoms with Gasteiger partial charge in [-0.2, -0.15) is 0 Å². The molecule has 3 N–H and O–H groups in total. The fourth-order valence-electron chi connectivity index (χ4n) is 4.49. The molecule has 2 aromatic carbocycles. The minimum absolute atomic E-state index is 0.00888. The third kappa shape index (κ3) is 5.09. The van der Waals surface area contributed by atoms with E-state index in [4.69, 9.17) is 55.0 Å². The number of nitrogens with two attached hydrogens (primary N) is 1. The molecular weight excluding hydrogens is 511 g/mol. The zero-order valence-corrected chi connectivity index (χ0v) is 21.2. The highest BCUT2D eigenvalue weighted by atomic mass is 35.5. The summed E-state index contributed by atoms with van der Waals surface area (Å²) in [6.07, 6.45) is 4.02. The van der Waals surface area contributed by atoms with Crippen molar-refractivity contribution < 1.29 is 14.5 Å². The molecule has 1 aliphatic carbocycles. The van der Waals surface area contributed by atoms with Crippen molar-refractivity contribution in [2.75, 3.05) is 18.0 Å². The van der Waals surface area contributed by atoms with Crippen LogP contribution in [0.15, 0.2) is 46.1 Å². The van der Waals surface area contributed by atoms with Crippen LogP contribution in [-0.4, -0.2) is 35.4 Å². The lowest BCUT2D eigenvalue weighted by Gasteiger charge is -2.33. The molecule has 0 unspecified atom stereocenters. The maximum absolute atomic E-state index is 8.90. The van der Waals surface area contributed by atoms with E-state index in [2.05, 4.69) is 15.2 Å². The first-order valence-corrected chi connectivity index (χ1v) is 12.7.